The van der Waals surface area contributed by atoms with Crippen molar-refractivity contribution in [2.24, 2.45) is 15.7 Å². The number of nitro groups is 1. The average Bonchev–Trinajstić information content (AvgIpc) is 3.42. The van der Waals surface area contributed by atoms with Crippen LogP contribution >= 0.6 is 0 Å². The highest BCUT2D eigenvalue weighted by Gasteiger charge is 2.29. The third-order valence-electron chi connectivity index (χ3n) is 4.80. The standard InChI is InChI=1S/C19H24N6O6/c1-21-18-17(23-11-24(18)16-6-4-14(8-26)31-16)19(22-10-20)30-9-12-7-13(29-2)3-5-15(12)25(27)28/h3,5,7,11,14,16,26H,1,4,6,8-10,20H2,2H3/b22-19+. The summed E-state index contributed by atoms with van der Waals surface area (Å²) in [5.74, 6) is 0.879. The zero-order chi connectivity index (χ0) is 22.4. The summed E-state index contributed by atoms with van der Waals surface area (Å²) in [4.78, 5) is 23.3. The van der Waals surface area contributed by atoms with Crippen LogP contribution in [0.4, 0.5) is 11.5 Å². The van der Waals surface area contributed by atoms with E-state index >= 15 is 0 Å². The molecule has 3 rings (SSSR count). The fourth-order valence-electron chi connectivity index (χ4n) is 3.30. The maximum Gasteiger partial charge on any atom is 0.276 e. The van der Waals surface area contributed by atoms with Crippen molar-refractivity contribution in [3.63, 3.8) is 0 Å². The van der Waals surface area contributed by atoms with Crippen molar-refractivity contribution in [3.8, 4) is 5.75 Å². The Morgan fingerprint density at radius 1 is 1.52 bits per heavy atom. The lowest BCUT2D eigenvalue weighted by atomic mass is 10.2. The van der Waals surface area contributed by atoms with Crippen LogP contribution in [0, 0.1) is 10.1 Å². The minimum absolute atomic E-state index is 0.0671. The molecule has 0 aliphatic carbocycles. The number of rotatable bonds is 9. The Kier molecular flexibility index (Phi) is 7.28. The molecule has 1 aromatic carbocycles. The molecule has 12 nitrogen and oxygen atoms in total. The van der Waals surface area contributed by atoms with Crippen LogP contribution in [0.1, 0.15) is 30.3 Å². The van der Waals surface area contributed by atoms with Gasteiger partial charge in [0.15, 0.2) is 11.5 Å². The van der Waals surface area contributed by atoms with Gasteiger partial charge in [-0.3, -0.25) is 14.7 Å². The number of hydrogen-bond donors (Lipinski definition) is 2. The molecule has 12 heteroatoms. The zero-order valence-corrected chi connectivity index (χ0v) is 17.0. The first-order valence-electron chi connectivity index (χ1n) is 9.51. The molecule has 1 aliphatic heterocycles. The van der Waals surface area contributed by atoms with Gasteiger partial charge in [-0.25, -0.2) is 15.0 Å². The number of hydrogen-bond acceptors (Lipinski definition) is 10. The molecule has 0 radical (unpaired) electrons. The van der Waals surface area contributed by atoms with Gasteiger partial charge in [-0.2, -0.15) is 0 Å². The maximum absolute atomic E-state index is 11.4. The van der Waals surface area contributed by atoms with Crippen LogP contribution in [0.2, 0.25) is 0 Å². The van der Waals surface area contributed by atoms with Crippen molar-refractivity contribution >= 4 is 24.1 Å². The molecule has 0 spiro atoms. The van der Waals surface area contributed by atoms with Crippen LogP contribution in [0.25, 0.3) is 0 Å². The molecule has 31 heavy (non-hydrogen) atoms. The Bertz CT molecular complexity index is 975. The smallest absolute Gasteiger partial charge is 0.276 e. The SMILES string of the molecule is C=Nc1c(/C(=N\CN)OCc2cc(OC)ccc2[N+](=O)[O-])ncn1C1CCC(CO)O1. The number of imidazole rings is 1. The van der Waals surface area contributed by atoms with Gasteiger partial charge in [0.05, 0.1) is 43.3 Å². The number of nitrogens with zero attached hydrogens (tertiary/aromatic N) is 5. The third-order valence-corrected chi connectivity index (χ3v) is 4.80. The van der Waals surface area contributed by atoms with Gasteiger partial charge in [-0.15, -0.1) is 0 Å². The van der Waals surface area contributed by atoms with Crippen LogP contribution in [0.3, 0.4) is 0 Å². The van der Waals surface area contributed by atoms with Crippen molar-refractivity contribution in [2.75, 3.05) is 20.4 Å². The van der Waals surface area contributed by atoms with E-state index in [-0.39, 0.29) is 49.5 Å². The maximum atomic E-state index is 11.4. The van der Waals surface area contributed by atoms with Crippen molar-refractivity contribution in [3.05, 3.63) is 45.9 Å². The number of benzene rings is 1. The van der Waals surface area contributed by atoms with E-state index in [0.29, 0.717) is 30.0 Å². The van der Waals surface area contributed by atoms with Gasteiger partial charge in [0.1, 0.15) is 18.6 Å². The Morgan fingerprint density at radius 2 is 2.32 bits per heavy atom. The molecular formula is C19H24N6O6. The summed E-state index contributed by atoms with van der Waals surface area (Å²) in [6.07, 6.45) is 2.27. The Hall–Kier alpha value is -3.35. The topological polar surface area (TPSA) is 160 Å². The van der Waals surface area contributed by atoms with E-state index in [1.54, 1.807) is 4.57 Å². The largest absolute Gasteiger partial charge is 0.497 e. The fraction of sp³-hybridized carbons (Fsp3) is 0.421. The summed E-state index contributed by atoms with van der Waals surface area (Å²) in [5, 5.41) is 20.7. The number of aliphatic imine (C=N–C) groups is 2. The fourth-order valence-corrected chi connectivity index (χ4v) is 3.30. The number of methoxy groups -OCH3 is 1. The Labute approximate surface area is 178 Å². The molecule has 0 saturated carbocycles. The number of nitrogens with two attached hydrogens (primary N) is 1. The van der Waals surface area contributed by atoms with E-state index in [2.05, 4.69) is 21.7 Å². The summed E-state index contributed by atoms with van der Waals surface area (Å²) >= 11 is 0. The molecule has 2 atom stereocenters. The predicted molar refractivity (Wildman–Crippen MR) is 112 cm³/mol. The highest BCUT2D eigenvalue weighted by molar-refractivity contribution is 5.96. The monoisotopic (exact) mass is 432 g/mol. The van der Waals surface area contributed by atoms with Crippen LogP contribution in [0.5, 0.6) is 5.75 Å². The van der Waals surface area contributed by atoms with E-state index < -0.39 is 4.92 Å². The van der Waals surface area contributed by atoms with Gasteiger partial charge in [0.2, 0.25) is 5.90 Å². The number of aromatic nitrogens is 2. The van der Waals surface area contributed by atoms with E-state index in [0.717, 1.165) is 0 Å². The normalized spacial score (nSPS) is 18.7. The first kappa shape index (κ1) is 22.3. The van der Waals surface area contributed by atoms with Crippen LogP contribution < -0.4 is 10.5 Å². The molecule has 2 heterocycles. The molecule has 3 N–H and O–H groups in total. The number of aliphatic hydroxyl groups excluding tert-OH is 1. The molecule has 166 valence electrons. The van der Waals surface area contributed by atoms with E-state index in [4.69, 9.17) is 19.9 Å². The Balaban J connectivity index is 1.87. The van der Waals surface area contributed by atoms with Crippen LogP contribution in [0.15, 0.2) is 34.5 Å². The first-order chi connectivity index (χ1) is 15.0. The van der Waals surface area contributed by atoms with Crippen LogP contribution in [-0.2, 0) is 16.1 Å². The van der Waals surface area contributed by atoms with Crippen molar-refractivity contribution in [1.82, 2.24) is 9.55 Å². The quantitative estimate of drug-likeness (QED) is 0.262. The van der Waals surface area contributed by atoms with Gasteiger partial charge in [-0.05, 0) is 31.7 Å². The third kappa shape index (κ3) is 4.87. The van der Waals surface area contributed by atoms with Gasteiger partial charge in [0.25, 0.3) is 5.69 Å². The number of aliphatic hydroxyl groups is 1. The summed E-state index contributed by atoms with van der Waals surface area (Å²) in [7, 11) is 1.47. The highest BCUT2D eigenvalue weighted by atomic mass is 16.6. The zero-order valence-electron chi connectivity index (χ0n) is 17.0. The lowest BCUT2D eigenvalue weighted by Crippen LogP contribution is -2.14. The van der Waals surface area contributed by atoms with Gasteiger partial charge in [0, 0.05) is 6.07 Å². The van der Waals surface area contributed by atoms with Crippen molar-refractivity contribution in [1.29, 1.82) is 0 Å². The summed E-state index contributed by atoms with van der Waals surface area (Å²) < 4.78 is 18.4. The lowest BCUT2D eigenvalue weighted by Gasteiger charge is -2.15. The van der Waals surface area contributed by atoms with Gasteiger partial charge < -0.3 is 25.1 Å². The molecule has 1 fully saturated rings. The average molecular weight is 432 g/mol. The van der Waals surface area contributed by atoms with Crippen molar-refractivity contribution < 1.29 is 24.2 Å². The summed E-state index contributed by atoms with van der Waals surface area (Å²) in [5.41, 5.74) is 6.05. The molecular weight excluding hydrogens is 408 g/mol. The van der Waals surface area contributed by atoms with E-state index in [1.165, 1.54) is 31.6 Å². The van der Waals surface area contributed by atoms with Crippen molar-refractivity contribution in [2.45, 2.75) is 31.8 Å². The summed E-state index contributed by atoms with van der Waals surface area (Å²) in [6, 6.07) is 4.36. The second kappa shape index (κ2) is 10.1. The van der Waals surface area contributed by atoms with Gasteiger partial charge in [-0.1, -0.05) is 0 Å². The second-order valence-corrected chi connectivity index (χ2v) is 6.64. The molecule has 1 aliphatic rings. The second-order valence-electron chi connectivity index (χ2n) is 6.64. The van der Waals surface area contributed by atoms with E-state index in [9.17, 15) is 15.2 Å². The Morgan fingerprint density at radius 3 is 2.94 bits per heavy atom. The number of nitro benzene ring substituents is 1. The van der Waals surface area contributed by atoms with Crippen LogP contribution in [-0.4, -0.2) is 58.7 Å². The molecule has 2 unspecified atom stereocenters. The number of ether oxygens (including phenoxy) is 3. The summed E-state index contributed by atoms with van der Waals surface area (Å²) in [6.45, 7) is 3.26. The highest BCUT2D eigenvalue weighted by Crippen LogP contribution is 2.33. The molecule has 2 aromatic rings. The molecule has 1 aromatic heterocycles. The molecule has 0 bridgehead atoms. The first-order valence-corrected chi connectivity index (χ1v) is 9.51. The molecule has 0 amide bonds. The van der Waals surface area contributed by atoms with E-state index in [1.807, 2.05) is 0 Å². The molecule has 1 saturated heterocycles. The van der Waals surface area contributed by atoms with Gasteiger partial charge >= 0.3 is 0 Å². The minimum atomic E-state index is -0.502. The predicted octanol–water partition coefficient (Wildman–Crippen LogP) is 1.68. The lowest BCUT2D eigenvalue weighted by molar-refractivity contribution is -0.385. The minimum Gasteiger partial charge on any atom is -0.497 e.